The van der Waals surface area contributed by atoms with Gasteiger partial charge in [-0.3, -0.25) is 0 Å². The molecule has 4 aromatic rings. The van der Waals surface area contributed by atoms with Gasteiger partial charge < -0.3 is 9.64 Å². The molecule has 1 atom stereocenters. The first-order valence-corrected chi connectivity index (χ1v) is 10.7. The third kappa shape index (κ3) is 3.35. The number of rotatable bonds is 4. The van der Waals surface area contributed by atoms with Gasteiger partial charge in [0.05, 0.1) is 7.11 Å². The zero-order valence-corrected chi connectivity index (χ0v) is 17.1. The summed E-state index contributed by atoms with van der Waals surface area (Å²) in [5, 5.41) is 8.02. The molecule has 1 aliphatic rings. The first-order valence-electron chi connectivity index (χ1n) is 9.85. The molecule has 148 valence electrons. The quantitative estimate of drug-likeness (QED) is 0.476. The number of nitrogens with zero attached hydrogens (tertiary/aromatic N) is 4. The van der Waals surface area contributed by atoms with E-state index in [1.54, 1.807) is 23.0 Å². The fourth-order valence-electron chi connectivity index (χ4n) is 4.28. The van der Waals surface area contributed by atoms with Crippen molar-refractivity contribution in [3.8, 4) is 0 Å². The van der Waals surface area contributed by atoms with Crippen molar-refractivity contribution in [2.75, 3.05) is 25.1 Å². The van der Waals surface area contributed by atoms with E-state index in [1.807, 2.05) is 11.3 Å². The number of benzene rings is 1. The van der Waals surface area contributed by atoms with Crippen LogP contribution in [0.25, 0.3) is 15.6 Å². The number of esters is 1. The summed E-state index contributed by atoms with van der Waals surface area (Å²) in [5.74, 6) is 1.03. The number of methoxy groups -OCH3 is 1. The monoisotopic (exact) mass is 406 g/mol. The molecular formula is C22H22N4O2S. The Morgan fingerprint density at radius 2 is 2.24 bits per heavy atom. The first kappa shape index (κ1) is 18.1. The summed E-state index contributed by atoms with van der Waals surface area (Å²) in [4.78, 5) is 18.8. The van der Waals surface area contributed by atoms with E-state index in [1.165, 1.54) is 29.2 Å². The zero-order chi connectivity index (χ0) is 19.8. The average molecular weight is 407 g/mol. The molecule has 0 spiro atoms. The largest absolute Gasteiger partial charge is 0.464 e. The van der Waals surface area contributed by atoms with E-state index in [9.17, 15) is 4.79 Å². The van der Waals surface area contributed by atoms with Crippen molar-refractivity contribution in [2.24, 2.45) is 5.92 Å². The molecule has 0 aliphatic carbocycles. The number of piperidine rings is 1. The highest BCUT2D eigenvalue weighted by atomic mass is 32.1. The van der Waals surface area contributed by atoms with Crippen LogP contribution in [-0.2, 0) is 11.2 Å². The van der Waals surface area contributed by atoms with Crippen molar-refractivity contribution < 1.29 is 9.53 Å². The van der Waals surface area contributed by atoms with Crippen molar-refractivity contribution in [1.29, 1.82) is 0 Å². The lowest BCUT2D eigenvalue weighted by molar-refractivity contribution is 0.0593. The molecular weight excluding hydrogens is 384 g/mol. The summed E-state index contributed by atoms with van der Waals surface area (Å²) in [6.45, 7) is 1.92. The van der Waals surface area contributed by atoms with E-state index in [4.69, 9.17) is 4.74 Å². The Morgan fingerprint density at radius 3 is 3.14 bits per heavy atom. The van der Waals surface area contributed by atoms with Crippen LogP contribution in [0.15, 0.2) is 48.1 Å². The number of carbonyl (C=O) groups excluding carboxylic acids is 1. The lowest BCUT2D eigenvalue weighted by Crippen LogP contribution is -2.37. The van der Waals surface area contributed by atoms with E-state index in [2.05, 4.69) is 44.6 Å². The van der Waals surface area contributed by atoms with Crippen LogP contribution >= 0.6 is 11.3 Å². The second kappa shape index (κ2) is 7.48. The third-order valence-corrected chi connectivity index (χ3v) is 6.66. The molecule has 1 aliphatic heterocycles. The third-order valence-electron chi connectivity index (χ3n) is 5.65. The summed E-state index contributed by atoms with van der Waals surface area (Å²) in [6.07, 6.45) is 6.94. The smallest absolute Gasteiger partial charge is 0.358 e. The van der Waals surface area contributed by atoms with Crippen LogP contribution in [0.1, 0.15) is 28.9 Å². The standard InChI is InChI=1S/C22H22N4O2S/c1-28-22(27)18-12-19-21(23-8-10-26(19)24-18)25-9-4-5-15(13-25)11-16-14-29-20-7-3-2-6-17(16)20/h2-3,6-8,10,12,14-15H,4-5,9,11,13H2,1H3. The Kier molecular flexibility index (Phi) is 4.67. The molecule has 0 saturated carbocycles. The van der Waals surface area contributed by atoms with Gasteiger partial charge in [-0.1, -0.05) is 18.2 Å². The van der Waals surface area contributed by atoms with Gasteiger partial charge in [-0.2, -0.15) is 5.10 Å². The first-order chi connectivity index (χ1) is 14.2. The molecule has 7 heteroatoms. The molecule has 4 heterocycles. The van der Waals surface area contributed by atoms with Gasteiger partial charge in [-0.05, 0) is 47.6 Å². The van der Waals surface area contributed by atoms with Gasteiger partial charge in [0.15, 0.2) is 11.5 Å². The minimum Gasteiger partial charge on any atom is -0.464 e. The number of hydrogen-bond acceptors (Lipinski definition) is 6. The molecule has 29 heavy (non-hydrogen) atoms. The zero-order valence-electron chi connectivity index (χ0n) is 16.2. The average Bonchev–Trinajstić information content (AvgIpc) is 3.38. The van der Waals surface area contributed by atoms with Crippen molar-refractivity contribution >= 4 is 38.7 Å². The predicted octanol–water partition coefficient (Wildman–Crippen LogP) is 4.19. The predicted molar refractivity (Wildman–Crippen MR) is 115 cm³/mol. The maximum absolute atomic E-state index is 11.9. The van der Waals surface area contributed by atoms with E-state index in [-0.39, 0.29) is 0 Å². The summed E-state index contributed by atoms with van der Waals surface area (Å²) in [7, 11) is 1.37. The SMILES string of the molecule is COC(=O)c1cc2c(N3CCCC(Cc4csc5ccccc45)C3)nccn2n1. The van der Waals surface area contributed by atoms with Crippen LogP contribution < -0.4 is 4.90 Å². The van der Waals surface area contributed by atoms with E-state index < -0.39 is 5.97 Å². The fourth-order valence-corrected chi connectivity index (χ4v) is 5.26. The maximum Gasteiger partial charge on any atom is 0.358 e. The molecule has 5 rings (SSSR count). The van der Waals surface area contributed by atoms with Gasteiger partial charge in [-0.25, -0.2) is 14.3 Å². The highest BCUT2D eigenvalue weighted by Crippen LogP contribution is 2.32. The lowest BCUT2D eigenvalue weighted by atomic mass is 9.91. The molecule has 1 unspecified atom stereocenters. The summed E-state index contributed by atoms with van der Waals surface area (Å²) >= 11 is 1.83. The molecule has 0 N–H and O–H groups in total. The van der Waals surface area contributed by atoms with Gasteiger partial charge in [0.2, 0.25) is 0 Å². The maximum atomic E-state index is 11.9. The Hall–Kier alpha value is -2.93. The summed E-state index contributed by atoms with van der Waals surface area (Å²) in [6, 6.07) is 10.4. The molecule has 0 radical (unpaired) electrons. The van der Waals surface area contributed by atoms with Gasteiger partial charge in [0, 0.05) is 36.2 Å². The topological polar surface area (TPSA) is 59.7 Å². The number of fused-ring (bicyclic) bond motifs is 2. The Labute approximate surface area is 172 Å². The minimum absolute atomic E-state index is 0.306. The second-order valence-corrected chi connectivity index (χ2v) is 8.43. The number of aromatic nitrogens is 3. The van der Waals surface area contributed by atoms with Gasteiger partial charge in [0.25, 0.3) is 0 Å². The Bertz CT molecular complexity index is 1180. The summed E-state index contributed by atoms with van der Waals surface area (Å²) in [5.41, 5.74) is 2.59. The molecule has 6 nitrogen and oxygen atoms in total. The molecule has 1 fully saturated rings. The molecule has 0 amide bonds. The van der Waals surface area contributed by atoms with Crippen molar-refractivity contribution in [1.82, 2.24) is 14.6 Å². The van der Waals surface area contributed by atoms with Crippen LogP contribution in [0.2, 0.25) is 0 Å². The van der Waals surface area contributed by atoms with E-state index in [0.717, 1.165) is 37.3 Å². The van der Waals surface area contributed by atoms with Crippen LogP contribution in [-0.4, -0.2) is 40.8 Å². The van der Waals surface area contributed by atoms with Crippen LogP contribution in [0, 0.1) is 5.92 Å². The van der Waals surface area contributed by atoms with Crippen molar-refractivity contribution in [3.63, 3.8) is 0 Å². The number of carbonyl (C=O) groups is 1. The van der Waals surface area contributed by atoms with E-state index in [0.29, 0.717) is 11.6 Å². The van der Waals surface area contributed by atoms with Crippen LogP contribution in [0.3, 0.4) is 0 Å². The summed E-state index contributed by atoms with van der Waals surface area (Å²) < 4.78 is 7.88. The minimum atomic E-state index is -0.430. The number of hydrogen-bond donors (Lipinski definition) is 0. The number of anilines is 1. The van der Waals surface area contributed by atoms with Gasteiger partial charge in [0.1, 0.15) is 5.52 Å². The van der Waals surface area contributed by atoms with Gasteiger partial charge >= 0.3 is 5.97 Å². The van der Waals surface area contributed by atoms with Crippen molar-refractivity contribution in [2.45, 2.75) is 19.3 Å². The van der Waals surface area contributed by atoms with E-state index >= 15 is 0 Å². The molecule has 1 saturated heterocycles. The normalized spacial score (nSPS) is 17.1. The highest BCUT2D eigenvalue weighted by Gasteiger charge is 2.24. The lowest BCUT2D eigenvalue weighted by Gasteiger charge is -2.33. The van der Waals surface area contributed by atoms with Crippen LogP contribution in [0.5, 0.6) is 0 Å². The van der Waals surface area contributed by atoms with Crippen molar-refractivity contribution in [3.05, 3.63) is 59.4 Å². The Balaban J connectivity index is 1.40. The molecule has 1 aromatic carbocycles. The number of thiophene rings is 1. The van der Waals surface area contributed by atoms with Crippen LogP contribution in [0.4, 0.5) is 5.82 Å². The van der Waals surface area contributed by atoms with Gasteiger partial charge in [-0.15, -0.1) is 11.3 Å². The number of ether oxygens (including phenoxy) is 1. The fraction of sp³-hybridized carbons (Fsp3) is 0.318. The molecule has 3 aromatic heterocycles. The highest BCUT2D eigenvalue weighted by molar-refractivity contribution is 7.17. The second-order valence-electron chi connectivity index (χ2n) is 7.52. The Morgan fingerprint density at radius 1 is 1.34 bits per heavy atom. The molecule has 0 bridgehead atoms.